The quantitative estimate of drug-likeness (QED) is 0.596. The molecule has 0 unspecified atom stereocenters. The molecule has 5 rings (SSSR count). The molecule has 2 aromatic rings. The van der Waals surface area contributed by atoms with E-state index in [4.69, 9.17) is 4.98 Å². The summed E-state index contributed by atoms with van der Waals surface area (Å²) in [5, 5.41) is 3.55. The second-order valence-corrected chi connectivity index (χ2v) is 12.8. The number of aryl methyl sites for hydroxylation is 1. The number of anilines is 1. The van der Waals surface area contributed by atoms with Crippen molar-refractivity contribution in [2.45, 2.75) is 64.6 Å². The molecular formula is C31H43FN6O2. The first-order valence-electron chi connectivity index (χ1n) is 14.4. The Balaban J connectivity index is 1.33. The van der Waals surface area contributed by atoms with Crippen LogP contribution in [-0.2, 0) is 21.4 Å². The van der Waals surface area contributed by atoms with Crippen LogP contribution in [0.1, 0.15) is 50.1 Å². The molecule has 216 valence electrons. The Morgan fingerprint density at radius 3 is 2.73 bits per heavy atom. The summed E-state index contributed by atoms with van der Waals surface area (Å²) in [4.78, 5) is 39.7. The number of nitrogens with one attached hydrogen (secondary N) is 1. The van der Waals surface area contributed by atoms with E-state index in [0.29, 0.717) is 45.2 Å². The molecule has 1 aromatic heterocycles. The van der Waals surface area contributed by atoms with E-state index in [1.54, 1.807) is 6.07 Å². The van der Waals surface area contributed by atoms with Crippen LogP contribution < -0.4 is 10.2 Å². The summed E-state index contributed by atoms with van der Waals surface area (Å²) < 4.78 is 13.6. The van der Waals surface area contributed by atoms with E-state index in [0.717, 1.165) is 41.2 Å². The zero-order chi connectivity index (χ0) is 28.8. The average Bonchev–Trinajstić information content (AvgIpc) is 3.16. The molecule has 0 aliphatic carbocycles. The number of fused-ring (bicyclic) bond motifs is 1. The molecule has 3 aliphatic heterocycles. The van der Waals surface area contributed by atoms with E-state index < -0.39 is 0 Å². The van der Waals surface area contributed by atoms with Crippen molar-refractivity contribution in [3.8, 4) is 0 Å². The maximum atomic E-state index is 13.9. The second kappa shape index (κ2) is 11.2. The normalized spacial score (nSPS) is 25.4. The summed E-state index contributed by atoms with van der Waals surface area (Å²) >= 11 is 0. The zero-order valence-corrected chi connectivity index (χ0v) is 24.7. The first-order chi connectivity index (χ1) is 18.9. The molecule has 2 saturated heterocycles. The Kier molecular flexibility index (Phi) is 8.01. The van der Waals surface area contributed by atoms with Crippen LogP contribution in [0.2, 0.25) is 0 Å². The van der Waals surface area contributed by atoms with Gasteiger partial charge in [0.1, 0.15) is 5.82 Å². The molecule has 3 atom stereocenters. The monoisotopic (exact) mass is 550 g/mol. The highest BCUT2D eigenvalue weighted by Crippen LogP contribution is 2.40. The van der Waals surface area contributed by atoms with Crippen molar-refractivity contribution >= 4 is 17.5 Å². The lowest BCUT2D eigenvalue weighted by Crippen LogP contribution is -2.63. The number of hydrogen-bond donors (Lipinski definition) is 1. The molecule has 3 aliphatic rings. The number of piperazine rings is 2. The van der Waals surface area contributed by atoms with Crippen molar-refractivity contribution in [3.63, 3.8) is 0 Å². The van der Waals surface area contributed by atoms with Gasteiger partial charge in [-0.1, -0.05) is 19.9 Å². The highest BCUT2D eigenvalue weighted by Gasteiger charge is 2.40. The van der Waals surface area contributed by atoms with E-state index in [2.05, 4.69) is 42.8 Å². The van der Waals surface area contributed by atoms with Gasteiger partial charge in [0, 0.05) is 80.1 Å². The highest BCUT2D eigenvalue weighted by molar-refractivity contribution is 5.97. The van der Waals surface area contributed by atoms with Crippen LogP contribution in [0.3, 0.4) is 0 Å². The SMILES string of the molecule is Cc1cc(F)ccc1Cc1cc2c(cn1)C(C)(C)CN2C(=O)CN1C[C@@H](C)NC[C@@H]1CN1C[C@@H](C)N(C)CC1=O. The molecule has 9 heteroatoms. The number of pyridine rings is 1. The molecule has 40 heavy (non-hydrogen) atoms. The smallest absolute Gasteiger partial charge is 0.241 e. The van der Waals surface area contributed by atoms with Crippen molar-refractivity contribution in [1.82, 2.24) is 25.0 Å². The highest BCUT2D eigenvalue weighted by atomic mass is 19.1. The fourth-order valence-electron chi connectivity index (χ4n) is 6.29. The minimum Gasteiger partial charge on any atom is -0.338 e. The van der Waals surface area contributed by atoms with Crippen LogP contribution in [0.5, 0.6) is 0 Å². The van der Waals surface area contributed by atoms with E-state index in [9.17, 15) is 14.0 Å². The van der Waals surface area contributed by atoms with E-state index in [-0.39, 0.29) is 35.1 Å². The van der Waals surface area contributed by atoms with Crippen molar-refractivity contribution in [2.24, 2.45) is 0 Å². The number of aromatic nitrogens is 1. The summed E-state index contributed by atoms with van der Waals surface area (Å²) in [6.45, 7) is 14.7. The number of nitrogens with zero attached hydrogens (tertiary/aromatic N) is 5. The predicted molar refractivity (Wildman–Crippen MR) is 155 cm³/mol. The van der Waals surface area contributed by atoms with Gasteiger partial charge in [-0.05, 0) is 57.1 Å². The van der Waals surface area contributed by atoms with Crippen molar-refractivity contribution in [1.29, 1.82) is 0 Å². The fourth-order valence-corrected chi connectivity index (χ4v) is 6.29. The summed E-state index contributed by atoms with van der Waals surface area (Å²) in [7, 11) is 1.99. The maximum absolute atomic E-state index is 13.9. The number of benzene rings is 1. The molecule has 0 saturated carbocycles. The van der Waals surface area contributed by atoms with Crippen molar-refractivity contribution < 1.29 is 14.0 Å². The minimum absolute atomic E-state index is 0.0686. The van der Waals surface area contributed by atoms with Crippen LogP contribution in [0, 0.1) is 12.7 Å². The van der Waals surface area contributed by atoms with Crippen LogP contribution in [-0.4, -0.2) is 102 Å². The molecule has 1 aromatic carbocycles. The number of hydrogen-bond acceptors (Lipinski definition) is 6. The lowest BCUT2D eigenvalue weighted by molar-refractivity contribution is -0.138. The number of carbonyl (C=O) groups is 2. The Bertz CT molecular complexity index is 1280. The largest absolute Gasteiger partial charge is 0.338 e. The number of halogens is 1. The van der Waals surface area contributed by atoms with E-state index in [1.165, 1.54) is 6.07 Å². The minimum atomic E-state index is -0.242. The molecule has 4 heterocycles. The topological polar surface area (TPSA) is 72.0 Å². The molecular weight excluding hydrogens is 507 g/mol. The van der Waals surface area contributed by atoms with Crippen LogP contribution >= 0.6 is 0 Å². The molecule has 0 spiro atoms. The van der Waals surface area contributed by atoms with Crippen LogP contribution in [0.15, 0.2) is 30.5 Å². The third-order valence-electron chi connectivity index (χ3n) is 8.96. The standard InChI is InChI=1S/C31H43FN6O2/c1-20-9-24(32)8-7-23(20)10-25-11-28-27(13-34-25)31(4,5)19-38(28)30(40)18-36-14-21(2)33-12-26(36)16-37-15-22(3)35(6)17-29(37)39/h7-9,11,13,21-22,26,33H,10,12,14-19H2,1-6H3/t21-,22-,26-/m1/s1. The molecule has 1 N–H and O–H groups in total. The fraction of sp³-hybridized carbons (Fsp3) is 0.581. The molecule has 2 amide bonds. The second-order valence-electron chi connectivity index (χ2n) is 12.8. The van der Waals surface area contributed by atoms with Crippen molar-refractivity contribution in [2.75, 3.05) is 57.8 Å². The van der Waals surface area contributed by atoms with Gasteiger partial charge in [0.25, 0.3) is 0 Å². The molecule has 0 radical (unpaired) electrons. The van der Waals surface area contributed by atoms with E-state index in [1.807, 2.05) is 42.1 Å². The number of amides is 2. The molecule has 0 bridgehead atoms. The van der Waals surface area contributed by atoms with Gasteiger partial charge in [-0.15, -0.1) is 0 Å². The first-order valence-corrected chi connectivity index (χ1v) is 14.4. The zero-order valence-electron chi connectivity index (χ0n) is 24.7. The first kappa shape index (κ1) is 28.6. The van der Waals surface area contributed by atoms with Gasteiger partial charge < -0.3 is 15.1 Å². The molecule has 2 fully saturated rings. The van der Waals surface area contributed by atoms with Gasteiger partial charge in [-0.25, -0.2) is 4.39 Å². The lowest BCUT2D eigenvalue weighted by Gasteiger charge is -2.44. The Morgan fingerprint density at radius 1 is 1.20 bits per heavy atom. The maximum Gasteiger partial charge on any atom is 0.241 e. The van der Waals surface area contributed by atoms with Crippen LogP contribution in [0.4, 0.5) is 10.1 Å². The Labute approximate surface area is 237 Å². The third-order valence-corrected chi connectivity index (χ3v) is 8.96. The van der Waals surface area contributed by atoms with Gasteiger partial charge in [-0.2, -0.15) is 0 Å². The van der Waals surface area contributed by atoms with Gasteiger partial charge in [0.05, 0.1) is 18.8 Å². The summed E-state index contributed by atoms with van der Waals surface area (Å²) in [5.41, 5.74) is 4.56. The third kappa shape index (κ3) is 5.92. The summed E-state index contributed by atoms with van der Waals surface area (Å²) in [6.07, 6.45) is 2.49. The Morgan fingerprint density at radius 2 is 1.98 bits per heavy atom. The number of rotatable bonds is 6. The Hall–Kier alpha value is -2.88. The predicted octanol–water partition coefficient (Wildman–Crippen LogP) is 2.57. The van der Waals surface area contributed by atoms with Gasteiger partial charge in [0.2, 0.25) is 11.8 Å². The summed E-state index contributed by atoms with van der Waals surface area (Å²) in [5.74, 6) is -0.0232. The van der Waals surface area contributed by atoms with Crippen LogP contribution in [0.25, 0.3) is 0 Å². The van der Waals surface area contributed by atoms with E-state index >= 15 is 0 Å². The van der Waals surface area contributed by atoms with Crippen molar-refractivity contribution in [3.05, 3.63) is 58.7 Å². The van der Waals surface area contributed by atoms with Gasteiger partial charge >= 0.3 is 0 Å². The number of carbonyl (C=O) groups excluding carboxylic acids is 2. The molecule has 8 nitrogen and oxygen atoms in total. The average molecular weight is 551 g/mol. The van der Waals surface area contributed by atoms with Gasteiger partial charge in [0.15, 0.2) is 0 Å². The number of likely N-dealkylation sites (N-methyl/N-ethyl adjacent to an activating group) is 1. The lowest BCUT2D eigenvalue weighted by atomic mass is 9.88. The van der Waals surface area contributed by atoms with Gasteiger partial charge in [-0.3, -0.25) is 24.4 Å². The summed E-state index contributed by atoms with van der Waals surface area (Å²) in [6, 6.07) is 7.52.